The van der Waals surface area contributed by atoms with E-state index in [1.54, 1.807) is 0 Å². The quantitative estimate of drug-likeness (QED) is 0.825. The van der Waals surface area contributed by atoms with E-state index in [2.05, 4.69) is 37.9 Å². The van der Waals surface area contributed by atoms with E-state index in [1.165, 1.54) is 6.42 Å². The Hall–Kier alpha value is -1.41. The molecule has 3 rings (SSSR count). The molecule has 0 saturated heterocycles. The molecule has 2 nitrogen and oxygen atoms in total. The molecule has 1 heterocycles. The molecular formula is C19H25NO. The van der Waals surface area contributed by atoms with Crippen LogP contribution in [0.3, 0.4) is 0 Å². The minimum absolute atomic E-state index is 0.0968. The first-order valence-electron chi connectivity index (χ1n) is 7.99. The van der Waals surface area contributed by atoms with Crippen molar-refractivity contribution < 1.29 is 5.11 Å². The van der Waals surface area contributed by atoms with Gasteiger partial charge in [0.1, 0.15) is 0 Å². The van der Waals surface area contributed by atoms with Crippen molar-refractivity contribution in [1.29, 1.82) is 0 Å². The summed E-state index contributed by atoms with van der Waals surface area (Å²) in [6, 6.07) is 10.2. The molecule has 21 heavy (non-hydrogen) atoms. The predicted molar refractivity (Wildman–Crippen MR) is 87.1 cm³/mol. The van der Waals surface area contributed by atoms with Crippen LogP contribution in [0.25, 0.3) is 10.9 Å². The number of aromatic nitrogens is 1. The van der Waals surface area contributed by atoms with Crippen LogP contribution in [0.1, 0.15) is 52.0 Å². The van der Waals surface area contributed by atoms with E-state index in [4.69, 9.17) is 0 Å². The zero-order valence-corrected chi connectivity index (χ0v) is 13.3. The summed E-state index contributed by atoms with van der Waals surface area (Å²) in [6.45, 7) is 6.74. The fraction of sp³-hybridized carbons (Fsp3) is 0.526. The van der Waals surface area contributed by atoms with Gasteiger partial charge in [0.25, 0.3) is 0 Å². The molecule has 1 aliphatic rings. The van der Waals surface area contributed by atoms with Crippen molar-refractivity contribution in [3.63, 3.8) is 0 Å². The Balaban J connectivity index is 2.18. The van der Waals surface area contributed by atoms with Gasteiger partial charge in [-0.25, -0.2) is 0 Å². The number of pyridine rings is 1. The Labute approximate surface area is 127 Å². The fourth-order valence-corrected chi connectivity index (χ4v) is 4.11. The summed E-state index contributed by atoms with van der Waals surface area (Å²) >= 11 is 0. The zero-order chi connectivity index (χ0) is 15.1. The number of hydrogen-bond acceptors (Lipinski definition) is 2. The van der Waals surface area contributed by atoms with Crippen LogP contribution in [0.4, 0.5) is 0 Å². The highest BCUT2D eigenvalue weighted by atomic mass is 16.3. The van der Waals surface area contributed by atoms with Crippen molar-refractivity contribution in [2.45, 2.75) is 52.1 Å². The van der Waals surface area contributed by atoms with Gasteiger partial charge >= 0.3 is 0 Å². The summed E-state index contributed by atoms with van der Waals surface area (Å²) in [5.74, 6) is 0.282. The number of benzene rings is 1. The largest absolute Gasteiger partial charge is 0.385 e. The minimum atomic E-state index is -0.737. The van der Waals surface area contributed by atoms with E-state index in [-0.39, 0.29) is 11.3 Å². The molecule has 1 aliphatic carbocycles. The molecule has 1 saturated carbocycles. The summed E-state index contributed by atoms with van der Waals surface area (Å²) in [5, 5.41) is 12.7. The minimum Gasteiger partial charge on any atom is -0.385 e. The SMILES string of the molecule is CC(C)(C)C1CCCCC1(O)c1cccc2ncccc12. The maximum Gasteiger partial charge on any atom is 0.0936 e. The summed E-state index contributed by atoms with van der Waals surface area (Å²) < 4.78 is 0. The predicted octanol–water partition coefficient (Wildman–Crippen LogP) is 4.66. The second-order valence-electron chi connectivity index (χ2n) is 7.46. The van der Waals surface area contributed by atoms with Crippen molar-refractivity contribution in [2.75, 3.05) is 0 Å². The fourth-order valence-electron chi connectivity index (χ4n) is 4.11. The highest BCUT2D eigenvalue weighted by Gasteiger charge is 2.46. The van der Waals surface area contributed by atoms with Crippen molar-refractivity contribution in [2.24, 2.45) is 11.3 Å². The van der Waals surface area contributed by atoms with E-state index in [0.717, 1.165) is 35.7 Å². The van der Waals surface area contributed by atoms with Crippen molar-refractivity contribution >= 4 is 10.9 Å². The molecule has 2 atom stereocenters. The lowest BCUT2D eigenvalue weighted by Gasteiger charge is -2.47. The molecule has 0 bridgehead atoms. The monoisotopic (exact) mass is 283 g/mol. The molecule has 1 N–H and O–H groups in total. The van der Waals surface area contributed by atoms with Crippen LogP contribution in [0, 0.1) is 11.3 Å². The lowest BCUT2D eigenvalue weighted by atomic mass is 9.61. The van der Waals surface area contributed by atoms with Gasteiger partial charge in [-0.05, 0) is 41.9 Å². The van der Waals surface area contributed by atoms with Crippen LogP contribution in [0.2, 0.25) is 0 Å². The van der Waals surface area contributed by atoms with Gasteiger partial charge in [0.05, 0.1) is 11.1 Å². The van der Waals surface area contributed by atoms with Crippen LogP contribution in [0.5, 0.6) is 0 Å². The third-order valence-electron chi connectivity index (χ3n) is 5.03. The van der Waals surface area contributed by atoms with Gasteiger partial charge in [0.2, 0.25) is 0 Å². The second-order valence-corrected chi connectivity index (χ2v) is 7.46. The molecule has 2 heteroatoms. The molecule has 0 radical (unpaired) electrons. The van der Waals surface area contributed by atoms with Crippen LogP contribution in [-0.2, 0) is 5.60 Å². The molecule has 0 spiro atoms. The van der Waals surface area contributed by atoms with Gasteiger partial charge in [-0.2, -0.15) is 0 Å². The standard InChI is InChI=1S/C19H25NO/c1-18(2,3)17-11-4-5-12-19(17,21)15-9-6-10-16-14(15)8-7-13-20-16/h6-10,13,17,21H,4-5,11-12H2,1-3H3. The average molecular weight is 283 g/mol. The molecular weight excluding hydrogens is 258 g/mol. The molecule has 2 aromatic rings. The van der Waals surface area contributed by atoms with Crippen LogP contribution < -0.4 is 0 Å². The van der Waals surface area contributed by atoms with Gasteiger partial charge in [-0.3, -0.25) is 4.98 Å². The Morgan fingerprint density at radius 1 is 1.14 bits per heavy atom. The van der Waals surface area contributed by atoms with Crippen molar-refractivity contribution in [1.82, 2.24) is 4.98 Å². The first-order valence-corrected chi connectivity index (χ1v) is 7.99. The Bertz CT molecular complexity index is 638. The van der Waals surface area contributed by atoms with E-state index >= 15 is 0 Å². The smallest absolute Gasteiger partial charge is 0.0936 e. The summed E-state index contributed by atoms with van der Waals surface area (Å²) in [7, 11) is 0. The van der Waals surface area contributed by atoms with Crippen molar-refractivity contribution in [3.8, 4) is 0 Å². The lowest BCUT2D eigenvalue weighted by molar-refractivity contribution is -0.0949. The van der Waals surface area contributed by atoms with E-state index < -0.39 is 5.60 Å². The number of fused-ring (bicyclic) bond motifs is 1. The second kappa shape index (κ2) is 5.10. The summed E-state index contributed by atoms with van der Waals surface area (Å²) in [5.41, 5.74) is 1.40. The number of hydrogen-bond donors (Lipinski definition) is 1. The number of rotatable bonds is 1. The Kier molecular flexibility index (Phi) is 3.53. The number of nitrogens with zero attached hydrogens (tertiary/aromatic N) is 1. The molecule has 1 aromatic carbocycles. The topological polar surface area (TPSA) is 33.1 Å². The van der Waals surface area contributed by atoms with E-state index in [9.17, 15) is 5.11 Å². The third-order valence-corrected chi connectivity index (χ3v) is 5.03. The van der Waals surface area contributed by atoms with Crippen LogP contribution >= 0.6 is 0 Å². The molecule has 112 valence electrons. The first kappa shape index (κ1) is 14.5. The highest BCUT2D eigenvalue weighted by molar-refractivity contribution is 5.83. The number of aliphatic hydroxyl groups is 1. The van der Waals surface area contributed by atoms with E-state index in [1.807, 2.05) is 24.4 Å². The van der Waals surface area contributed by atoms with Crippen LogP contribution in [0.15, 0.2) is 36.5 Å². The first-order chi connectivity index (χ1) is 9.93. The van der Waals surface area contributed by atoms with Gasteiger partial charge in [0.15, 0.2) is 0 Å². The van der Waals surface area contributed by atoms with Gasteiger partial charge in [-0.15, -0.1) is 0 Å². The van der Waals surface area contributed by atoms with Gasteiger partial charge < -0.3 is 5.11 Å². The molecule has 2 unspecified atom stereocenters. The zero-order valence-electron chi connectivity index (χ0n) is 13.3. The van der Waals surface area contributed by atoms with Gasteiger partial charge in [-0.1, -0.05) is 51.8 Å². The third kappa shape index (κ3) is 2.46. The van der Waals surface area contributed by atoms with Gasteiger partial charge in [0, 0.05) is 11.6 Å². The lowest BCUT2D eigenvalue weighted by Crippen LogP contribution is -2.44. The van der Waals surface area contributed by atoms with Crippen molar-refractivity contribution in [3.05, 3.63) is 42.1 Å². The summed E-state index contributed by atoms with van der Waals surface area (Å²) in [6.07, 6.45) is 6.07. The Morgan fingerprint density at radius 3 is 2.71 bits per heavy atom. The molecule has 1 fully saturated rings. The maximum absolute atomic E-state index is 11.6. The normalized spacial score (nSPS) is 27.0. The molecule has 1 aromatic heterocycles. The summed E-state index contributed by atoms with van der Waals surface area (Å²) in [4.78, 5) is 4.44. The van der Waals surface area contributed by atoms with Crippen LogP contribution in [-0.4, -0.2) is 10.1 Å². The average Bonchev–Trinajstić information content (AvgIpc) is 2.46. The molecule has 0 aliphatic heterocycles. The highest BCUT2D eigenvalue weighted by Crippen LogP contribution is 2.50. The maximum atomic E-state index is 11.6. The molecule has 0 amide bonds. The Morgan fingerprint density at radius 2 is 1.95 bits per heavy atom. The van der Waals surface area contributed by atoms with E-state index in [0.29, 0.717) is 0 Å².